The molecule has 72 valence electrons. The van der Waals surface area contributed by atoms with Gasteiger partial charge in [-0.2, -0.15) is 0 Å². The molecule has 0 heterocycles. The van der Waals surface area contributed by atoms with Gasteiger partial charge in [0.05, 0.1) is 0 Å². The lowest BCUT2D eigenvalue weighted by Crippen LogP contribution is -2.40. The molecule has 0 aromatic carbocycles. The lowest BCUT2D eigenvalue weighted by atomic mass is 9.91. The van der Waals surface area contributed by atoms with Gasteiger partial charge in [-0.1, -0.05) is 27.2 Å². The van der Waals surface area contributed by atoms with E-state index in [2.05, 4.69) is 25.7 Å². The van der Waals surface area contributed by atoms with Gasteiger partial charge in [0.1, 0.15) is 0 Å². The minimum absolute atomic E-state index is 0.860. The Kier molecular flexibility index (Phi) is 4.07. The molecule has 0 aliphatic heterocycles. The van der Waals surface area contributed by atoms with Crippen LogP contribution in [0.2, 0.25) is 0 Å². The zero-order chi connectivity index (χ0) is 8.97. The van der Waals surface area contributed by atoms with Crippen molar-refractivity contribution in [3.05, 3.63) is 0 Å². The predicted octanol–water partition coefficient (Wildman–Crippen LogP) is 2.91. The first-order valence-electron chi connectivity index (χ1n) is 5.48. The van der Waals surface area contributed by atoms with Gasteiger partial charge in [-0.25, -0.2) is 0 Å². The molecule has 1 aliphatic rings. The monoisotopic (exact) mass is 169 g/mol. The fourth-order valence-corrected chi connectivity index (χ4v) is 1.77. The molecule has 1 aliphatic carbocycles. The average molecular weight is 169 g/mol. The highest BCUT2D eigenvalue weighted by Crippen LogP contribution is 2.24. The Morgan fingerprint density at radius 2 is 2.00 bits per heavy atom. The van der Waals surface area contributed by atoms with Crippen LogP contribution < -0.4 is 0 Å². The normalized spacial score (nSPS) is 18.8. The quantitative estimate of drug-likeness (QED) is 0.611. The van der Waals surface area contributed by atoms with Crippen LogP contribution >= 0.6 is 0 Å². The molecule has 0 aromatic heterocycles. The SMILES string of the molecule is CCN(CCC(C)C)C1CCC1. The molecule has 0 amide bonds. The topological polar surface area (TPSA) is 3.24 Å². The highest BCUT2D eigenvalue weighted by molar-refractivity contribution is 4.79. The van der Waals surface area contributed by atoms with Gasteiger partial charge in [-0.15, -0.1) is 0 Å². The second kappa shape index (κ2) is 4.86. The largest absolute Gasteiger partial charge is 0.301 e. The van der Waals surface area contributed by atoms with E-state index in [-0.39, 0.29) is 0 Å². The molecular formula is C11H23N. The van der Waals surface area contributed by atoms with Gasteiger partial charge in [0, 0.05) is 6.04 Å². The molecule has 0 atom stereocenters. The second-order valence-corrected chi connectivity index (χ2v) is 4.40. The van der Waals surface area contributed by atoms with Gasteiger partial charge in [-0.3, -0.25) is 0 Å². The predicted molar refractivity (Wildman–Crippen MR) is 54.3 cm³/mol. The minimum Gasteiger partial charge on any atom is -0.301 e. The number of hydrogen-bond donors (Lipinski definition) is 0. The smallest absolute Gasteiger partial charge is 0.00951 e. The summed E-state index contributed by atoms with van der Waals surface area (Å²) in [6.07, 6.45) is 5.73. The molecule has 1 fully saturated rings. The van der Waals surface area contributed by atoms with E-state index in [4.69, 9.17) is 0 Å². The second-order valence-electron chi connectivity index (χ2n) is 4.40. The standard InChI is InChI=1S/C11H23N/c1-4-12(9-8-10(2)3)11-6-5-7-11/h10-11H,4-9H2,1-3H3. The average Bonchev–Trinajstić information content (AvgIpc) is 1.93. The number of rotatable bonds is 5. The molecule has 0 N–H and O–H groups in total. The third kappa shape index (κ3) is 2.78. The van der Waals surface area contributed by atoms with E-state index in [0.717, 1.165) is 12.0 Å². The molecule has 1 rings (SSSR count). The fraction of sp³-hybridized carbons (Fsp3) is 1.00. The van der Waals surface area contributed by atoms with Crippen molar-refractivity contribution in [1.82, 2.24) is 4.90 Å². The third-order valence-electron chi connectivity index (χ3n) is 2.99. The van der Waals surface area contributed by atoms with Crippen LogP contribution in [0.1, 0.15) is 46.5 Å². The molecule has 12 heavy (non-hydrogen) atoms. The van der Waals surface area contributed by atoms with Crippen LogP contribution in [0.15, 0.2) is 0 Å². The van der Waals surface area contributed by atoms with Crippen LogP contribution in [0.4, 0.5) is 0 Å². The Hall–Kier alpha value is -0.0400. The molecule has 1 heteroatoms. The number of hydrogen-bond acceptors (Lipinski definition) is 1. The third-order valence-corrected chi connectivity index (χ3v) is 2.99. The van der Waals surface area contributed by atoms with Crippen molar-refractivity contribution in [2.75, 3.05) is 13.1 Å². The van der Waals surface area contributed by atoms with E-state index >= 15 is 0 Å². The van der Waals surface area contributed by atoms with Crippen LogP contribution in [0.3, 0.4) is 0 Å². The van der Waals surface area contributed by atoms with E-state index in [9.17, 15) is 0 Å². The molecule has 0 spiro atoms. The Bertz CT molecular complexity index is 116. The molecule has 0 unspecified atom stereocenters. The van der Waals surface area contributed by atoms with Crippen LogP contribution in [-0.2, 0) is 0 Å². The molecule has 0 saturated heterocycles. The van der Waals surface area contributed by atoms with Crippen LogP contribution in [0, 0.1) is 5.92 Å². The van der Waals surface area contributed by atoms with Crippen LogP contribution in [0.25, 0.3) is 0 Å². The van der Waals surface area contributed by atoms with Gasteiger partial charge in [0.25, 0.3) is 0 Å². The zero-order valence-corrected chi connectivity index (χ0v) is 8.84. The van der Waals surface area contributed by atoms with Gasteiger partial charge < -0.3 is 4.90 Å². The highest BCUT2D eigenvalue weighted by atomic mass is 15.2. The van der Waals surface area contributed by atoms with E-state index in [0.29, 0.717) is 0 Å². The summed E-state index contributed by atoms with van der Waals surface area (Å²) in [5.41, 5.74) is 0. The Morgan fingerprint density at radius 1 is 1.33 bits per heavy atom. The first-order chi connectivity index (χ1) is 5.74. The molecular weight excluding hydrogens is 146 g/mol. The summed E-state index contributed by atoms with van der Waals surface area (Å²) in [6.45, 7) is 9.48. The highest BCUT2D eigenvalue weighted by Gasteiger charge is 2.22. The van der Waals surface area contributed by atoms with Gasteiger partial charge >= 0.3 is 0 Å². The molecule has 1 nitrogen and oxygen atoms in total. The van der Waals surface area contributed by atoms with Crippen LogP contribution in [0.5, 0.6) is 0 Å². The van der Waals surface area contributed by atoms with Gasteiger partial charge in [0.15, 0.2) is 0 Å². The lowest BCUT2D eigenvalue weighted by Gasteiger charge is -2.37. The lowest BCUT2D eigenvalue weighted by molar-refractivity contribution is 0.128. The van der Waals surface area contributed by atoms with E-state index in [1.54, 1.807) is 0 Å². The maximum Gasteiger partial charge on any atom is 0.00951 e. The first kappa shape index (κ1) is 10.0. The summed E-state index contributed by atoms with van der Waals surface area (Å²) in [5.74, 6) is 0.860. The summed E-state index contributed by atoms with van der Waals surface area (Å²) >= 11 is 0. The van der Waals surface area contributed by atoms with Crippen molar-refractivity contribution in [2.45, 2.75) is 52.5 Å². The van der Waals surface area contributed by atoms with Gasteiger partial charge in [0.2, 0.25) is 0 Å². The zero-order valence-electron chi connectivity index (χ0n) is 8.84. The molecule has 0 radical (unpaired) electrons. The summed E-state index contributed by atoms with van der Waals surface area (Å²) < 4.78 is 0. The summed E-state index contributed by atoms with van der Waals surface area (Å²) in [6, 6.07) is 0.939. The van der Waals surface area contributed by atoms with E-state index < -0.39 is 0 Å². The fourth-order valence-electron chi connectivity index (χ4n) is 1.77. The minimum atomic E-state index is 0.860. The van der Waals surface area contributed by atoms with Crippen molar-refractivity contribution < 1.29 is 0 Å². The summed E-state index contributed by atoms with van der Waals surface area (Å²) in [5, 5.41) is 0. The summed E-state index contributed by atoms with van der Waals surface area (Å²) in [4.78, 5) is 2.66. The maximum atomic E-state index is 2.66. The maximum absolute atomic E-state index is 2.66. The van der Waals surface area contributed by atoms with Crippen molar-refractivity contribution in [2.24, 2.45) is 5.92 Å². The van der Waals surface area contributed by atoms with Crippen molar-refractivity contribution >= 4 is 0 Å². The van der Waals surface area contributed by atoms with E-state index in [1.165, 1.54) is 38.8 Å². The molecule has 1 saturated carbocycles. The molecule has 0 bridgehead atoms. The van der Waals surface area contributed by atoms with Crippen molar-refractivity contribution in [3.63, 3.8) is 0 Å². The Morgan fingerprint density at radius 3 is 2.33 bits per heavy atom. The summed E-state index contributed by atoms with van der Waals surface area (Å²) in [7, 11) is 0. The Balaban J connectivity index is 2.15. The Labute approximate surface area is 77.1 Å². The van der Waals surface area contributed by atoms with Crippen molar-refractivity contribution in [1.29, 1.82) is 0 Å². The number of nitrogens with zero attached hydrogens (tertiary/aromatic N) is 1. The van der Waals surface area contributed by atoms with Crippen LogP contribution in [-0.4, -0.2) is 24.0 Å². The van der Waals surface area contributed by atoms with Gasteiger partial charge in [-0.05, 0) is 38.3 Å². The van der Waals surface area contributed by atoms with E-state index in [1.807, 2.05) is 0 Å². The molecule has 0 aromatic rings. The first-order valence-corrected chi connectivity index (χ1v) is 5.48. The van der Waals surface area contributed by atoms with Crippen molar-refractivity contribution in [3.8, 4) is 0 Å².